The first-order valence-electron chi connectivity index (χ1n) is 2.75. The molecule has 0 aliphatic carbocycles. The van der Waals surface area contributed by atoms with E-state index >= 15 is 0 Å². The van der Waals surface area contributed by atoms with Gasteiger partial charge in [0.1, 0.15) is 0 Å². The SMILES string of the molecule is C=C[C@H](N)c1ccsc1.Cl. The van der Waals surface area contributed by atoms with Gasteiger partial charge >= 0.3 is 0 Å². The molecule has 0 saturated heterocycles. The number of hydrogen-bond acceptors (Lipinski definition) is 2. The van der Waals surface area contributed by atoms with Gasteiger partial charge in [0.05, 0.1) is 0 Å². The second-order valence-corrected chi connectivity index (χ2v) is 2.60. The molecule has 0 spiro atoms. The molecule has 0 unspecified atom stereocenters. The van der Waals surface area contributed by atoms with Crippen LogP contribution in [0.15, 0.2) is 29.5 Å². The minimum Gasteiger partial charge on any atom is -0.321 e. The number of thiophene rings is 1. The molecule has 3 heteroatoms. The summed E-state index contributed by atoms with van der Waals surface area (Å²) in [6, 6.07) is 2.02. The summed E-state index contributed by atoms with van der Waals surface area (Å²) in [5.74, 6) is 0. The lowest BCUT2D eigenvalue weighted by Crippen LogP contribution is -2.04. The maximum atomic E-state index is 5.63. The molecule has 10 heavy (non-hydrogen) atoms. The van der Waals surface area contributed by atoms with Crippen molar-refractivity contribution in [1.29, 1.82) is 0 Å². The van der Waals surface area contributed by atoms with E-state index in [4.69, 9.17) is 5.73 Å². The molecule has 1 aromatic heterocycles. The molecule has 0 amide bonds. The molecule has 1 atom stereocenters. The molecule has 1 rings (SSSR count). The molecule has 0 aliphatic rings. The van der Waals surface area contributed by atoms with Crippen LogP contribution in [-0.2, 0) is 0 Å². The highest BCUT2D eigenvalue weighted by atomic mass is 35.5. The number of nitrogens with two attached hydrogens (primary N) is 1. The Labute approximate surface area is 71.0 Å². The van der Waals surface area contributed by atoms with Crippen molar-refractivity contribution in [1.82, 2.24) is 0 Å². The van der Waals surface area contributed by atoms with Gasteiger partial charge in [-0.25, -0.2) is 0 Å². The van der Waals surface area contributed by atoms with Crippen LogP contribution < -0.4 is 5.73 Å². The van der Waals surface area contributed by atoms with E-state index in [0.717, 1.165) is 5.56 Å². The Bertz CT molecular complexity index is 183. The molecule has 0 aromatic carbocycles. The Morgan fingerprint density at radius 2 is 2.40 bits per heavy atom. The van der Waals surface area contributed by atoms with E-state index < -0.39 is 0 Å². The molecule has 1 aromatic rings. The topological polar surface area (TPSA) is 26.0 Å². The van der Waals surface area contributed by atoms with Crippen molar-refractivity contribution in [2.24, 2.45) is 5.73 Å². The van der Waals surface area contributed by atoms with Crippen molar-refractivity contribution in [2.75, 3.05) is 0 Å². The minimum absolute atomic E-state index is 0. The van der Waals surface area contributed by atoms with E-state index in [2.05, 4.69) is 6.58 Å². The molecule has 1 nitrogen and oxygen atoms in total. The monoisotopic (exact) mass is 175 g/mol. The fourth-order valence-electron chi connectivity index (χ4n) is 0.601. The first-order valence-corrected chi connectivity index (χ1v) is 3.69. The third-order valence-electron chi connectivity index (χ3n) is 1.18. The van der Waals surface area contributed by atoms with Crippen molar-refractivity contribution in [2.45, 2.75) is 6.04 Å². The van der Waals surface area contributed by atoms with Crippen LogP contribution in [-0.4, -0.2) is 0 Å². The zero-order chi connectivity index (χ0) is 6.69. The number of hydrogen-bond donors (Lipinski definition) is 1. The van der Waals surface area contributed by atoms with E-state index in [-0.39, 0.29) is 18.4 Å². The van der Waals surface area contributed by atoms with Gasteiger partial charge in [-0.15, -0.1) is 19.0 Å². The third kappa shape index (κ3) is 2.14. The quantitative estimate of drug-likeness (QED) is 0.687. The Kier molecular flexibility index (Phi) is 4.36. The van der Waals surface area contributed by atoms with Crippen molar-refractivity contribution < 1.29 is 0 Å². The number of halogens is 1. The predicted octanol–water partition coefficient (Wildman–Crippen LogP) is 2.36. The molecule has 0 fully saturated rings. The van der Waals surface area contributed by atoms with Crippen LogP contribution in [0.5, 0.6) is 0 Å². The summed E-state index contributed by atoms with van der Waals surface area (Å²) >= 11 is 1.66. The number of rotatable bonds is 2. The lowest BCUT2D eigenvalue weighted by molar-refractivity contribution is 0.921. The maximum Gasteiger partial charge on any atom is 0.0486 e. The van der Waals surface area contributed by atoms with E-state index in [1.807, 2.05) is 16.8 Å². The lowest BCUT2D eigenvalue weighted by Gasteiger charge is -1.99. The first kappa shape index (κ1) is 9.69. The van der Waals surface area contributed by atoms with Gasteiger partial charge in [-0.1, -0.05) is 6.08 Å². The smallest absolute Gasteiger partial charge is 0.0486 e. The molecule has 2 N–H and O–H groups in total. The van der Waals surface area contributed by atoms with Crippen LogP contribution in [0.1, 0.15) is 11.6 Å². The van der Waals surface area contributed by atoms with Crippen LogP contribution in [0.3, 0.4) is 0 Å². The van der Waals surface area contributed by atoms with Crippen LogP contribution in [0, 0.1) is 0 Å². The second-order valence-electron chi connectivity index (χ2n) is 1.82. The zero-order valence-corrected chi connectivity index (χ0v) is 7.12. The highest BCUT2D eigenvalue weighted by Crippen LogP contribution is 2.13. The molecular weight excluding hydrogens is 166 g/mol. The fourth-order valence-corrected chi connectivity index (χ4v) is 1.31. The van der Waals surface area contributed by atoms with E-state index in [0.29, 0.717) is 0 Å². The van der Waals surface area contributed by atoms with Crippen LogP contribution in [0.25, 0.3) is 0 Å². The summed E-state index contributed by atoms with van der Waals surface area (Å²) in [6.07, 6.45) is 1.74. The second kappa shape index (κ2) is 4.50. The van der Waals surface area contributed by atoms with Gasteiger partial charge in [0.15, 0.2) is 0 Å². The van der Waals surface area contributed by atoms with Gasteiger partial charge in [-0.3, -0.25) is 0 Å². The average molecular weight is 176 g/mol. The van der Waals surface area contributed by atoms with Gasteiger partial charge in [-0.05, 0) is 22.4 Å². The van der Waals surface area contributed by atoms with Crippen molar-refractivity contribution >= 4 is 23.7 Å². The molecule has 0 saturated carbocycles. The van der Waals surface area contributed by atoms with Crippen molar-refractivity contribution in [3.8, 4) is 0 Å². The summed E-state index contributed by atoms with van der Waals surface area (Å²) in [7, 11) is 0. The first-order chi connectivity index (χ1) is 4.34. The minimum atomic E-state index is 0. The predicted molar refractivity (Wildman–Crippen MR) is 48.7 cm³/mol. The molecular formula is C7H10ClNS. The average Bonchev–Trinajstić information content (AvgIpc) is 2.37. The van der Waals surface area contributed by atoms with Crippen LogP contribution in [0.2, 0.25) is 0 Å². The van der Waals surface area contributed by atoms with E-state index in [9.17, 15) is 0 Å². The maximum absolute atomic E-state index is 5.63. The third-order valence-corrected chi connectivity index (χ3v) is 1.88. The summed E-state index contributed by atoms with van der Waals surface area (Å²) in [6.45, 7) is 3.60. The zero-order valence-electron chi connectivity index (χ0n) is 5.49. The summed E-state index contributed by atoms with van der Waals surface area (Å²) < 4.78 is 0. The molecule has 56 valence electrons. The summed E-state index contributed by atoms with van der Waals surface area (Å²) in [5, 5.41) is 4.05. The lowest BCUT2D eigenvalue weighted by atomic mass is 10.2. The van der Waals surface area contributed by atoms with Gasteiger partial charge < -0.3 is 5.73 Å². The summed E-state index contributed by atoms with van der Waals surface area (Å²) in [5.41, 5.74) is 6.78. The molecule has 0 radical (unpaired) electrons. The van der Waals surface area contributed by atoms with Crippen molar-refractivity contribution in [3.05, 3.63) is 35.0 Å². The van der Waals surface area contributed by atoms with Gasteiger partial charge in [-0.2, -0.15) is 11.3 Å². The Morgan fingerprint density at radius 1 is 1.70 bits per heavy atom. The Balaban J connectivity index is 0.000000810. The molecule has 0 bridgehead atoms. The normalized spacial score (nSPS) is 11.7. The van der Waals surface area contributed by atoms with Gasteiger partial charge in [0.25, 0.3) is 0 Å². The molecule has 0 aliphatic heterocycles. The van der Waals surface area contributed by atoms with E-state index in [1.54, 1.807) is 17.4 Å². The highest BCUT2D eigenvalue weighted by Gasteiger charge is 1.98. The van der Waals surface area contributed by atoms with E-state index in [1.165, 1.54) is 0 Å². The highest BCUT2D eigenvalue weighted by molar-refractivity contribution is 7.07. The van der Waals surface area contributed by atoms with Gasteiger partial charge in [0, 0.05) is 6.04 Å². The standard InChI is InChI=1S/C7H9NS.ClH/c1-2-7(8)6-3-4-9-5-6;/h2-5,7H,1,8H2;1H/t7-;/m0./s1. The Morgan fingerprint density at radius 3 is 2.80 bits per heavy atom. The summed E-state index contributed by atoms with van der Waals surface area (Å²) in [4.78, 5) is 0. The van der Waals surface area contributed by atoms with Gasteiger partial charge in [0.2, 0.25) is 0 Å². The fraction of sp³-hybridized carbons (Fsp3) is 0.143. The van der Waals surface area contributed by atoms with Crippen LogP contribution in [0.4, 0.5) is 0 Å². The molecule has 1 heterocycles. The largest absolute Gasteiger partial charge is 0.321 e. The Hall–Kier alpha value is -0.310. The van der Waals surface area contributed by atoms with Crippen LogP contribution >= 0.6 is 23.7 Å². The van der Waals surface area contributed by atoms with Crippen molar-refractivity contribution in [3.63, 3.8) is 0 Å².